The summed E-state index contributed by atoms with van der Waals surface area (Å²) in [6.07, 6.45) is -3.03. The molecule has 3 aliphatic heterocycles. The molecule has 21 heavy (non-hydrogen) atoms. The molecular weight excluding hydrogens is 276 g/mol. The van der Waals surface area contributed by atoms with Gasteiger partial charge < -0.3 is 28.8 Å². The maximum atomic E-state index is 10.4. The predicted molar refractivity (Wildman–Crippen MR) is 70.4 cm³/mol. The third-order valence-electron chi connectivity index (χ3n) is 4.05. The van der Waals surface area contributed by atoms with Crippen LogP contribution in [0.4, 0.5) is 0 Å². The van der Waals surface area contributed by atoms with Gasteiger partial charge in [0.25, 0.3) is 0 Å². The molecule has 5 atom stereocenters. The Labute approximate surface area is 122 Å². The van der Waals surface area contributed by atoms with Crippen LogP contribution in [-0.2, 0) is 23.7 Å². The lowest BCUT2D eigenvalue weighted by molar-refractivity contribution is -0.253. The lowest BCUT2D eigenvalue weighted by atomic mass is 10.1. The summed E-state index contributed by atoms with van der Waals surface area (Å²) in [5, 5.41) is 10.4. The van der Waals surface area contributed by atoms with Crippen molar-refractivity contribution in [2.75, 3.05) is 19.8 Å². The van der Waals surface area contributed by atoms with Gasteiger partial charge in [-0.3, -0.25) is 0 Å². The van der Waals surface area contributed by atoms with Crippen molar-refractivity contribution in [1.82, 2.24) is 0 Å². The molecule has 0 amide bonds. The van der Waals surface area contributed by atoms with Crippen molar-refractivity contribution in [3.63, 3.8) is 0 Å². The third-order valence-corrected chi connectivity index (χ3v) is 4.05. The van der Waals surface area contributed by atoms with Crippen molar-refractivity contribution in [1.29, 1.82) is 0 Å². The van der Waals surface area contributed by atoms with Crippen LogP contribution in [0, 0.1) is 0 Å². The highest BCUT2D eigenvalue weighted by Gasteiger charge is 2.52. The summed E-state index contributed by atoms with van der Waals surface area (Å²) < 4.78 is 28.2. The minimum Gasteiger partial charge on any atom is -0.387 e. The summed E-state index contributed by atoms with van der Waals surface area (Å²) >= 11 is 0. The standard InChI is InChI=1S/C15H18O6/c16-11-12-10(20-13(11)15-17-6-7-18-15)8-19-14(21-12)9-4-2-1-3-5-9/h1-5,10-16H,6-8H2/t10-,11-,12+,13+,14?/m0/s1. The molecule has 1 aromatic rings. The highest BCUT2D eigenvalue weighted by molar-refractivity contribution is 5.16. The van der Waals surface area contributed by atoms with Gasteiger partial charge in [0.05, 0.1) is 19.8 Å². The minimum atomic E-state index is -0.784. The number of fused-ring (bicyclic) bond motifs is 1. The van der Waals surface area contributed by atoms with E-state index in [4.69, 9.17) is 23.7 Å². The maximum absolute atomic E-state index is 10.4. The first-order valence-electron chi connectivity index (χ1n) is 7.22. The predicted octanol–water partition coefficient (Wildman–Crippen LogP) is 0.602. The normalized spacial score (nSPS) is 40.3. The fourth-order valence-corrected chi connectivity index (χ4v) is 3.01. The zero-order chi connectivity index (χ0) is 14.2. The van der Waals surface area contributed by atoms with Crippen molar-refractivity contribution in [2.45, 2.75) is 37.0 Å². The van der Waals surface area contributed by atoms with E-state index in [1.165, 1.54) is 0 Å². The average molecular weight is 294 g/mol. The van der Waals surface area contributed by atoms with Crippen molar-refractivity contribution < 1.29 is 28.8 Å². The zero-order valence-corrected chi connectivity index (χ0v) is 11.5. The van der Waals surface area contributed by atoms with Crippen LogP contribution in [0.25, 0.3) is 0 Å². The van der Waals surface area contributed by atoms with Crippen molar-refractivity contribution >= 4 is 0 Å². The number of aliphatic hydroxyl groups excluding tert-OH is 1. The molecular formula is C15H18O6. The first-order chi connectivity index (χ1) is 10.3. The molecule has 3 aliphatic rings. The third kappa shape index (κ3) is 2.48. The van der Waals surface area contributed by atoms with Gasteiger partial charge in [-0.1, -0.05) is 30.3 Å². The molecule has 0 aromatic heterocycles. The molecule has 0 bridgehead atoms. The molecule has 1 unspecified atom stereocenters. The first kappa shape index (κ1) is 13.6. The number of benzene rings is 1. The Hall–Kier alpha value is -1.02. The number of hydrogen-bond acceptors (Lipinski definition) is 6. The van der Waals surface area contributed by atoms with E-state index in [2.05, 4.69) is 0 Å². The molecule has 0 saturated carbocycles. The SMILES string of the molecule is O[C@H]1[C@@H]2OC(c3ccccc3)OC[C@@H]2O[C@H]1C1OCCO1. The van der Waals surface area contributed by atoms with Gasteiger partial charge in [0, 0.05) is 5.56 Å². The lowest BCUT2D eigenvalue weighted by Crippen LogP contribution is -2.44. The van der Waals surface area contributed by atoms with Crippen LogP contribution >= 0.6 is 0 Å². The fourth-order valence-electron chi connectivity index (χ4n) is 3.01. The molecule has 3 saturated heterocycles. The second kappa shape index (κ2) is 5.64. The number of aliphatic hydroxyl groups is 1. The van der Waals surface area contributed by atoms with Crippen LogP contribution in [0.3, 0.4) is 0 Å². The van der Waals surface area contributed by atoms with E-state index in [0.717, 1.165) is 5.56 Å². The molecule has 3 heterocycles. The van der Waals surface area contributed by atoms with Crippen LogP contribution in [0.15, 0.2) is 30.3 Å². The number of ether oxygens (including phenoxy) is 5. The van der Waals surface area contributed by atoms with Crippen LogP contribution in [0.5, 0.6) is 0 Å². The van der Waals surface area contributed by atoms with Gasteiger partial charge in [-0.15, -0.1) is 0 Å². The number of hydrogen-bond donors (Lipinski definition) is 1. The van der Waals surface area contributed by atoms with Gasteiger partial charge >= 0.3 is 0 Å². The summed E-state index contributed by atoms with van der Waals surface area (Å²) in [7, 11) is 0. The maximum Gasteiger partial charge on any atom is 0.186 e. The summed E-state index contributed by atoms with van der Waals surface area (Å²) in [6, 6.07) is 9.67. The van der Waals surface area contributed by atoms with Crippen LogP contribution in [-0.4, -0.2) is 55.6 Å². The van der Waals surface area contributed by atoms with Gasteiger partial charge in [-0.05, 0) is 0 Å². The molecule has 4 rings (SSSR count). The lowest BCUT2D eigenvalue weighted by Gasteiger charge is -2.32. The minimum absolute atomic E-state index is 0.294. The fraction of sp³-hybridized carbons (Fsp3) is 0.600. The molecule has 6 heteroatoms. The first-order valence-corrected chi connectivity index (χ1v) is 7.22. The molecule has 0 spiro atoms. The molecule has 3 fully saturated rings. The van der Waals surface area contributed by atoms with Crippen molar-refractivity contribution in [3.05, 3.63) is 35.9 Å². The van der Waals surface area contributed by atoms with Crippen LogP contribution in [0.1, 0.15) is 11.9 Å². The van der Waals surface area contributed by atoms with Crippen LogP contribution in [0.2, 0.25) is 0 Å². The summed E-state index contributed by atoms with van der Waals surface area (Å²) in [4.78, 5) is 0. The molecule has 1 aromatic carbocycles. The van der Waals surface area contributed by atoms with E-state index in [1.807, 2.05) is 30.3 Å². The second-order valence-electron chi connectivity index (χ2n) is 5.42. The Balaban J connectivity index is 1.47. The van der Waals surface area contributed by atoms with Crippen LogP contribution < -0.4 is 0 Å². The van der Waals surface area contributed by atoms with Crippen molar-refractivity contribution in [3.8, 4) is 0 Å². The Bertz CT molecular complexity index is 474. The zero-order valence-electron chi connectivity index (χ0n) is 11.5. The largest absolute Gasteiger partial charge is 0.387 e. The molecule has 1 N–H and O–H groups in total. The second-order valence-corrected chi connectivity index (χ2v) is 5.42. The Morgan fingerprint density at radius 3 is 2.43 bits per heavy atom. The molecule has 6 nitrogen and oxygen atoms in total. The molecule has 114 valence electrons. The van der Waals surface area contributed by atoms with Gasteiger partial charge in [-0.2, -0.15) is 0 Å². The Morgan fingerprint density at radius 1 is 0.905 bits per heavy atom. The van der Waals surface area contributed by atoms with E-state index in [0.29, 0.717) is 19.8 Å². The molecule has 0 aliphatic carbocycles. The summed E-state index contributed by atoms with van der Waals surface area (Å²) in [6.45, 7) is 1.43. The smallest absolute Gasteiger partial charge is 0.186 e. The monoisotopic (exact) mass is 294 g/mol. The highest BCUT2D eigenvalue weighted by Crippen LogP contribution is 2.36. The van der Waals surface area contributed by atoms with Gasteiger partial charge in [0.15, 0.2) is 12.6 Å². The molecule has 0 radical (unpaired) electrons. The van der Waals surface area contributed by atoms with E-state index >= 15 is 0 Å². The van der Waals surface area contributed by atoms with E-state index < -0.39 is 30.9 Å². The van der Waals surface area contributed by atoms with Gasteiger partial charge in [0.1, 0.15) is 24.4 Å². The number of rotatable bonds is 2. The highest BCUT2D eigenvalue weighted by atomic mass is 16.8. The Kier molecular flexibility index (Phi) is 3.66. The van der Waals surface area contributed by atoms with E-state index in [9.17, 15) is 5.11 Å². The summed E-state index contributed by atoms with van der Waals surface area (Å²) in [5.41, 5.74) is 0.931. The Morgan fingerprint density at radius 2 is 1.67 bits per heavy atom. The van der Waals surface area contributed by atoms with Gasteiger partial charge in [-0.25, -0.2) is 0 Å². The summed E-state index contributed by atoms with van der Waals surface area (Å²) in [5.74, 6) is 0. The van der Waals surface area contributed by atoms with Crippen molar-refractivity contribution in [2.24, 2.45) is 0 Å². The van der Waals surface area contributed by atoms with E-state index in [-0.39, 0.29) is 6.10 Å². The van der Waals surface area contributed by atoms with E-state index in [1.54, 1.807) is 0 Å². The quantitative estimate of drug-likeness (QED) is 0.862. The topological polar surface area (TPSA) is 66.4 Å². The van der Waals surface area contributed by atoms with Gasteiger partial charge in [0.2, 0.25) is 0 Å². The average Bonchev–Trinajstić information content (AvgIpc) is 3.16.